The van der Waals surface area contributed by atoms with Crippen LogP contribution in [-0.4, -0.2) is 50.9 Å². The van der Waals surface area contributed by atoms with Gasteiger partial charge in [0.2, 0.25) is 5.79 Å². The predicted octanol–water partition coefficient (Wildman–Crippen LogP) is 4.15. The number of esters is 2. The molecule has 1 aliphatic heterocycles. The van der Waals surface area contributed by atoms with Crippen molar-refractivity contribution in [3.63, 3.8) is 0 Å². The highest BCUT2D eigenvalue weighted by atomic mass is 16.7. The van der Waals surface area contributed by atoms with Crippen molar-refractivity contribution in [2.45, 2.75) is 88.4 Å². The summed E-state index contributed by atoms with van der Waals surface area (Å²) in [4.78, 5) is 37.5. The van der Waals surface area contributed by atoms with E-state index in [1.54, 1.807) is 12.1 Å². The van der Waals surface area contributed by atoms with Crippen LogP contribution in [0, 0.1) is 0 Å². The van der Waals surface area contributed by atoms with Gasteiger partial charge in [-0.05, 0) is 25.0 Å². The van der Waals surface area contributed by atoms with Gasteiger partial charge in [-0.3, -0.25) is 9.59 Å². The molecule has 196 valence electrons. The normalized spacial score (nSPS) is 24.6. The number of allylic oxidation sites excluding steroid dienone is 1. The molecule has 0 radical (unpaired) electrons. The van der Waals surface area contributed by atoms with Crippen molar-refractivity contribution in [1.29, 1.82) is 0 Å². The van der Waals surface area contributed by atoms with Crippen LogP contribution in [0.5, 0.6) is 0 Å². The highest BCUT2D eigenvalue weighted by Crippen LogP contribution is 2.53. The quantitative estimate of drug-likeness (QED) is 0.166. The van der Waals surface area contributed by atoms with E-state index in [2.05, 4.69) is 6.92 Å². The highest BCUT2D eigenvalue weighted by molar-refractivity contribution is 5.88. The number of unbranched alkanes of at least 4 members (excludes halogenated alkanes) is 6. The van der Waals surface area contributed by atoms with Gasteiger partial charge in [0.25, 0.3) is 0 Å². The Labute approximate surface area is 207 Å². The molecule has 2 N–H and O–H groups in total. The minimum absolute atomic E-state index is 0.0311. The average molecular weight is 494 g/mol. The van der Waals surface area contributed by atoms with Gasteiger partial charge in [0.1, 0.15) is 12.0 Å². The Morgan fingerprint density at radius 1 is 1.11 bits per heavy atom. The minimum Gasteiger partial charge on any atom is -0.469 e. The fourth-order valence-electron chi connectivity index (χ4n) is 4.71. The summed E-state index contributed by atoms with van der Waals surface area (Å²) in [6, 6.07) is 3.34. The van der Waals surface area contributed by atoms with Crippen molar-refractivity contribution >= 4 is 18.2 Å². The SMILES string of the molecule is CCCCCCCCC/C(C=O)=C(\N)C1(OC)C[C@H](c2ccco2)[C@@](CC(=O)OC)(C(=O)OC)O1. The smallest absolute Gasteiger partial charge is 0.339 e. The lowest BCUT2D eigenvalue weighted by Gasteiger charge is -2.33. The van der Waals surface area contributed by atoms with Crippen LogP contribution in [0.2, 0.25) is 0 Å². The van der Waals surface area contributed by atoms with Gasteiger partial charge in [-0.25, -0.2) is 4.79 Å². The summed E-state index contributed by atoms with van der Waals surface area (Å²) in [5.41, 5.74) is 5.10. The Balaban J connectivity index is 2.38. The van der Waals surface area contributed by atoms with Crippen LogP contribution < -0.4 is 5.73 Å². The van der Waals surface area contributed by atoms with E-state index in [0.717, 1.165) is 25.7 Å². The first-order chi connectivity index (χ1) is 16.8. The topological polar surface area (TPSA) is 127 Å². The Morgan fingerprint density at radius 2 is 1.80 bits per heavy atom. The fourth-order valence-corrected chi connectivity index (χ4v) is 4.71. The zero-order chi connectivity index (χ0) is 25.9. The molecule has 1 aliphatic rings. The van der Waals surface area contributed by atoms with Crippen molar-refractivity contribution in [2.24, 2.45) is 5.73 Å². The molecule has 0 amide bonds. The van der Waals surface area contributed by atoms with Crippen molar-refractivity contribution in [1.82, 2.24) is 0 Å². The molecule has 0 saturated carbocycles. The molecule has 1 saturated heterocycles. The van der Waals surface area contributed by atoms with Crippen molar-refractivity contribution in [2.75, 3.05) is 21.3 Å². The van der Waals surface area contributed by atoms with E-state index in [1.807, 2.05) is 0 Å². The molecule has 0 aliphatic carbocycles. The van der Waals surface area contributed by atoms with Gasteiger partial charge in [-0.15, -0.1) is 0 Å². The summed E-state index contributed by atoms with van der Waals surface area (Å²) in [6.07, 6.45) is 9.82. The molecule has 0 aromatic carbocycles. The Morgan fingerprint density at radius 3 is 2.34 bits per heavy atom. The molecular weight excluding hydrogens is 454 g/mol. The Bertz CT molecular complexity index is 865. The number of carbonyl (C=O) groups excluding carboxylic acids is 3. The molecule has 2 rings (SSSR count). The molecule has 0 spiro atoms. The molecule has 1 unspecified atom stereocenters. The van der Waals surface area contributed by atoms with E-state index in [0.29, 0.717) is 24.0 Å². The molecule has 1 aromatic heterocycles. The number of hydrogen-bond acceptors (Lipinski definition) is 9. The van der Waals surface area contributed by atoms with Crippen LogP contribution in [0.3, 0.4) is 0 Å². The van der Waals surface area contributed by atoms with E-state index in [-0.39, 0.29) is 12.1 Å². The lowest BCUT2D eigenvalue weighted by Crippen LogP contribution is -2.49. The van der Waals surface area contributed by atoms with Crippen LogP contribution >= 0.6 is 0 Å². The van der Waals surface area contributed by atoms with E-state index < -0.39 is 35.7 Å². The van der Waals surface area contributed by atoms with Gasteiger partial charge in [0.05, 0.1) is 38.5 Å². The first kappa shape index (κ1) is 28.6. The summed E-state index contributed by atoms with van der Waals surface area (Å²) in [5, 5.41) is 0. The molecule has 3 atom stereocenters. The Kier molecular flexibility index (Phi) is 11.0. The van der Waals surface area contributed by atoms with Crippen molar-refractivity contribution in [3.8, 4) is 0 Å². The van der Waals surface area contributed by atoms with Gasteiger partial charge in [-0.1, -0.05) is 45.4 Å². The van der Waals surface area contributed by atoms with Gasteiger partial charge in [0.15, 0.2) is 5.60 Å². The maximum absolute atomic E-state index is 13.1. The van der Waals surface area contributed by atoms with Crippen LogP contribution in [-0.2, 0) is 33.3 Å². The molecular formula is C26H39NO8. The maximum Gasteiger partial charge on any atom is 0.339 e. The summed E-state index contributed by atoms with van der Waals surface area (Å²) >= 11 is 0. The predicted molar refractivity (Wildman–Crippen MR) is 128 cm³/mol. The average Bonchev–Trinajstić information content (AvgIpc) is 3.52. The molecule has 9 nitrogen and oxygen atoms in total. The van der Waals surface area contributed by atoms with E-state index in [4.69, 9.17) is 29.1 Å². The Hall–Kier alpha value is -2.65. The molecule has 9 heteroatoms. The first-order valence-corrected chi connectivity index (χ1v) is 12.2. The van der Waals surface area contributed by atoms with Crippen LogP contribution in [0.1, 0.15) is 82.8 Å². The van der Waals surface area contributed by atoms with Crippen LogP contribution in [0.4, 0.5) is 0 Å². The lowest BCUT2D eigenvalue weighted by molar-refractivity contribution is -0.229. The van der Waals surface area contributed by atoms with Crippen LogP contribution in [0.15, 0.2) is 34.1 Å². The second-order valence-corrected chi connectivity index (χ2v) is 8.89. The van der Waals surface area contributed by atoms with Gasteiger partial charge in [0, 0.05) is 19.1 Å². The number of aldehydes is 1. The zero-order valence-electron chi connectivity index (χ0n) is 21.3. The zero-order valence-corrected chi connectivity index (χ0v) is 21.3. The van der Waals surface area contributed by atoms with Gasteiger partial charge in [-0.2, -0.15) is 0 Å². The second-order valence-electron chi connectivity index (χ2n) is 8.89. The fraction of sp³-hybridized carbons (Fsp3) is 0.654. The van der Waals surface area contributed by atoms with E-state index >= 15 is 0 Å². The van der Waals surface area contributed by atoms with Crippen molar-refractivity contribution < 1.29 is 37.7 Å². The lowest BCUT2D eigenvalue weighted by atomic mass is 9.81. The van der Waals surface area contributed by atoms with Gasteiger partial charge < -0.3 is 29.1 Å². The molecule has 2 heterocycles. The third-order valence-electron chi connectivity index (χ3n) is 6.71. The summed E-state index contributed by atoms with van der Waals surface area (Å²) in [7, 11) is 3.80. The van der Waals surface area contributed by atoms with Crippen molar-refractivity contribution in [3.05, 3.63) is 35.4 Å². The van der Waals surface area contributed by atoms with Crippen LogP contribution in [0.25, 0.3) is 0 Å². The minimum atomic E-state index is -1.83. The molecule has 35 heavy (non-hydrogen) atoms. The summed E-state index contributed by atoms with van der Waals surface area (Å²) < 4.78 is 27.5. The summed E-state index contributed by atoms with van der Waals surface area (Å²) in [6.45, 7) is 2.18. The van der Waals surface area contributed by atoms with E-state index in [9.17, 15) is 14.4 Å². The maximum atomic E-state index is 13.1. The molecule has 1 fully saturated rings. The number of methoxy groups -OCH3 is 3. The molecule has 0 bridgehead atoms. The largest absolute Gasteiger partial charge is 0.469 e. The van der Waals surface area contributed by atoms with E-state index in [1.165, 1.54) is 46.9 Å². The monoisotopic (exact) mass is 493 g/mol. The third kappa shape index (κ3) is 6.52. The number of nitrogens with two attached hydrogens (primary N) is 1. The number of hydrogen-bond donors (Lipinski definition) is 1. The first-order valence-electron chi connectivity index (χ1n) is 12.2. The number of rotatable bonds is 15. The number of ether oxygens (including phenoxy) is 4. The highest BCUT2D eigenvalue weighted by Gasteiger charge is 2.65. The summed E-state index contributed by atoms with van der Waals surface area (Å²) in [5.74, 6) is -3.51. The molecule has 1 aromatic rings. The second kappa shape index (κ2) is 13.4. The number of furan rings is 1. The van der Waals surface area contributed by atoms with Gasteiger partial charge >= 0.3 is 11.9 Å². The number of carbonyl (C=O) groups is 3. The third-order valence-corrected chi connectivity index (χ3v) is 6.71. The standard InChI is InChI=1S/C26H39NO8/c1-5-6-7-8-9-10-11-13-19(18-28)23(27)26(33-4)16-20(21-14-12-15-34-21)25(35-26,24(30)32-3)17-22(29)31-2/h12,14-15,18,20H,5-11,13,16-17,27H2,1-4H3/b23-19+/t20-,25+,26?/m1/s1.